The quantitative estimate of drug-likeness (QED) is 0.840. The summed E-state index contributed by atoms with van der Waals surface area (Å²) in [6, 6.07) is 9.55. The van der Waals surface area contributed by atoms with Crippen molar-refractivity contribution in [1.82, 2.24) is 15.3 Å². The maximum absolute atomic E-state index is 12.4. The number of anilines is 2. The SMILES string of the molecule is CCOc1ccc(Nc2nc(C)cc(C(=O)NC3CCCC3)n2)cc1. The predicted molar refractivity (Wildman–Crippen MR) is 97.4 cm³/mol. The van der Waals surface area contributed by atoms with Gasteiger partial charge in [0.2, 0.25) is 5.95 Å². The number of carbonyl (C=O) groups excluding carboxylic acids is 1. The van der Waals surface area contributed by atoms with Crippen molar-refractivity contribution in [3.8, 4) is 5.75 Å². The van der Waals surface area contributed by atoms with Crippen molar-refractivity contribution < 1.29 is 9.53 Å². The molecule has 25 heavy (non-hydrogen) atoms. The monoisotopic (exact) mass is 340 g/mol. The minimum atomic E-state index is -0.132. The zero-order valence-corrected chi connectivity index (χ0v) is 14.7. The highest BCUT2D eigenvalue weighted by molar-refractivity contribution is 5.92. The van der Waals surface area contributed by atoms with Gasteiger partial charge < -0.3 is 15.4 Å². The van der Waals surface area contributed by atoms with Gasteiger partial charge in [0.05, 0.1) is 6.61 Å². The van der Waals surface area contributed by atoms with Gasteiger partial charge in [-0.3, -0.25) is 4.79 Å². The molecule has 1 aromatic carbocycles. The largest absolute Gasteiger partial charge is 0.494 e. The van der Waals surface area contributed by atoms with Gasteiger partial charge in [0.25, 0.3) is 5.91 Å². The van der Waals surface area contributed by atoms with Crippen LogP contribution in [0, 0.1) is 6.92 Å². The maximum atomic E-state index is 12.4. The second-order valence-electron chi connectivity index (χ2n) is 6.26. The van der Waals surface area contributed by atoms with Crippen LogP contribution in [0.25, 0.3) is 0 Å². The number of ether oxygens (including phenoxy) is 1. The molecule has 1 amide bonds. The van der Waals surface area contributed by atoms with Crippen LogP contribution in [0.1, 0.15) is 48.8 Å². The van der Waals surface area contributed by atoms with E-state index in [1.54, 1.807) is 6.07 Å². The second kappa shape index (κ2) is 7.96. The van der Waals surface area contributed by atoms with Crippen LogP contribution in [0.3, 0.4) is 0 Å². The minimum Gasteiger partial charge on any atom is -0.494 e. The van der Waals surface area contributed by atoms with Crippen molar-refractivity contribution in [2.24, 2.45) is 0 Å². The summed E-state index contributed by atoms with van der Waals surface area (Å²) < 4.78 is 5.43. The molecule has 1 aliphatic rings. The lowest BCUT2D eigenvalue weighted by Gasteiger charge is -2.13. The maximum Gasteiger partial charge on any atom is 0.270 e. The van der Waals surface area contributed by atoms with Gasteiger partial charge in [-0.15, -0.1) is 0 Å². The molecule has 2 N–H and O–H groups in total. The molecular weight excluding hydrogens is 316 g/mol. The normalized spacial score (nSPS) is 14.3. The van der Waals surface area contributed by atoms with Crippen LogP contribution < -0.4 is 15.4 Å². The summed E-state index contributed by atoms with van der Waals surface area (Å²) in [6.45, 7) is 4.44. The van der Waals surface area contributed by atoms with E-state index in [0.717, 1.165) is 30.0 Å². The zero-order valence-electron chi connectivity index (χ0n) is 14.7. The number of hydrogen-bond acceptors (Lipinski definition) is 5. The van der Waals surface area contributed by atoms with Crippen LogP contribution in [-0.4, -0.2) is 28.5 Å². The molecule has 6 heteroatoms. The molecule has 1 aliphatic carbocycles. The number of amides is 1. The predicted octanol–water partition coefficient (Wildman–Crippen LogP) is 3.60. The smallest absolute Gasteiger partial charge is 0.270 e. The number of nitrogens with zero attached hydrogens (tertiary/aromatic N) is 2. The summed E-state index contributed by atoms with van der Waals surface area (Å²) in [5.41, 5.74) is 1.99. The highest BCUT2D eigenvalue weighted by atomic mass is 16.5. The molecule has 1 aromatic heterocycles. The van der Waals surface area contributed by atoms with Gasteiger partial charge >= 0.3 is 0 Å². The lowest BCUT2D eigenvalue weighted by atomic mass is 10.2. The van der Waals surface area contributed by atoms with Crippen LogP contribution in [0.4, 0.5) is 11.6 Å². The molecular formula is C19H24N4O2. The van der Waals surface area contributed by atoms with E-state index in [1.165, 1.54) is 12.8 Å². The van der Waals surface area contributed by atoms with Crippen molar-refractivity contribution in [2.45, 2.75) is 45.6 Å². The van der Waals surface area contributed by atoms with E-state index >= 15 is 0 Å². The standard InChI is InChI=1S/C19H24N4O2/c1-3-25-16-10-8-15(9-11-16)22-19-20-13(2)12-17(23-19)18(24)21-14-6-4-5-7-14/h8-12,14H,3-7H2,1-2H3,(H,21,24)(H,20,22,23). The van der Waals surface area contributed by atoms with E-state index in [2.05, 4.69) is 20.6 Å². The van der Waals surface area contributed by atoms with E-state index in [9.17, 15) is 4.79 Å². The Hall–Kier alpha value is -2.63. The highest BCUT2D eigenvalue weighted by Gasteiger charge is 2.19. The third-order valence-corrected chi connectivity index (χ3v) is 4.20. The van der Waals surface area contributed by atoms with Crippen LogP contribution in [0.2, 0.25) is 0 Å². The van der Waals surface area contributed by atoms with Crippen molar-refractivity contribution >= 4 is 17.5 Å². The number of aromatic nitrogens is 2. The van der Waals surface area contributed by atoms with Gasteiger partial charge in [0.15, 0.2) is 0 Å². The number of nitrogens with one attached hydrogen (secondary N) is 2. The summed E-state index contributed by atoms with van der Waals surface area (Å²) >= 11 is 0. The van der Waals surface area contributed by atoms with Crippen LogP contribution in [-0.2, 0) is 0 Å². The fourth-order valence-corrected chi connectivity index (χ4v) is 3.00. The highest BCUT2D eigenvalue weighted by Crippen LogP contribution is 2.20. The van der Waals surface area contributed by atoms with E-state index < -0.39 is 0 Å². The third-order valence-electron chi connectivity index (χ3n) is 4.20. The average Bonchev–Trinajstić information content (AvgIpc) is 3.09. The van der Waals surface area contributed by atoms with Gasteiger partial charge in [-0.1, -0.05) is 12.8 Å². The number of hydrogen-bond donors (Lipinski definition) is 2. The molecule has 0 aliphatic heterocycles. The molecule has 3 rings (SSSR count). The van der Waals surface area contributed by atoms with E-state index in [-0.39, 0.29) is 11.9 Å². The van der Waals surface area contributed by atoms with Gasteiger partial charge in [-0.05, 0) is 57.0 Å². The zero-order chi connectivity index (χ0) is 17.6. The molecule has 0 atom stereocenters. The van der Waals surface area contributed by atoms with E-state index in [4.69, 9.17) is 4.74 Å². The number of carbonyl (C=O) groups is 1. The Morgan fingerprint density at radius 1 is 1.20 bits per heavy atom. The molecule has 1 fully saturated rings. The van der Waals surface area contributed by atoms with Crippen LogP contribution in [0.15, 0.2) is 30.3 Å². The Kier molecular flexibility index (Phi) is 5.48. The van der Waals surface area contributed by atoms with Gasteiger partial charge in [0.1, 0.15) is 11.4 Å². The molecule has 132 valence electrons. The van der Waals surface area contributed by atoms with Gasteiger partial charge in [-0.25, -0.2) is 9.97 Å². The minimum absolute atomic E-state index is 0.132. The fraction of sp³-hybridized carbons (Fsp3) is 0.421. The molecule has 0 saturated heterocycles. The summed E-state index contributed by atoms with van der Waals surface area (Å²) in [5, 5.41) is 6.21. The van der Waals surface area contributed by atoms with Crippen molar-refractivity contribution in [2.75, 3.05) is 11.9 Å². The van der Waals surface area contributed by atoms with Crippen molar-refractivity contribution in [3.63, 3.8) is 0 Å². The number of benzene rings is 1. The topological polar surface area (TPSA) is 76.1 Å². The van der Waals surface area contributed by atoms with Crippen LogP contribution in [0.5, 0.6) is 5.75 Å². The van der Waals surface area contributed by atoms with E-state index in [0.29, 0.717) is 18.2 Å². The lowest BCUT2D eigenvalue weighted by molar-refractivity contribution is 0.0932. The molecule has 0 radical (unpaired) electrons. The summed E-state index contributed by atoms with van der Waals surface area (Å²) in [7, 11) is 0. The average molecular weight is 340 g/mol. The van der Waals surface area contributed by atoms with Gasteiger partial charge in [-0.2, -0.15) is 0 Å². The molecule has 0 bridgehead atoms. The Morgan fingerprint density at radius 2 is 1.92 bits per heavy atom. The van der Waals surface area contributed by atoms with Crippen molar-refractivity contribution in [1.29, 1.82) is 0 Å². The Morgan fingerprint density at radius 3 is 2.60 bits per heavy atom. The van der Waals surface area contributed by atoms with Gasteiger partial charge in [0, 0.05) is 17.4 Å². The Bertz CT molecular complexity index is 725. The molecule has 6 nitrogen and oxygen atoms in total. The molecule has 0 spiro atoms. The second-order valence-corrected chi connectivity index (χ2v) is 6.26. The molecule has 0 unspecified atom stereocenters. The molecule has 2 aromatic rings. The first-order valence-electron chi connectivity index (χ1n) is 8.80. The van der Waals surface area contributed by atoms with E-state index in [1.807, 2.05) is 38.1 Å². The third kappa shape index (κ3) is 4.68. The first kappa shape index (κ1) is 17.2. The fourth-order valence-electron chi connectivity index (χ4n) is 3.00. The Labute approximate surface area is 148 Å². The van der Waals surface area contributed by atoms with Crippen LogP contribution >= 0.6 is 0 Å². The summed E-state index contributed by atoms with van der Waals surface area (Å²) in [4.78, 5) is 21.2. The first-order valence-corrected chi connectivity index (χ1v) is 8.80. The van der Waals surface area contributed by atoms with Crippen molar-refractivity contribution in [3.05, 3.63) is 41.7 Å². The number of aryl methyl sites for hydroxylation is 1. The Balaban J connectivity index is 1.71. The molecule has 1 heterocycles. The first-order chi connectivity index (χ1) is 12.1. The number of rotatable bonds is 6. The summed E-state index contributed by atoms with van der Waals surface area (Å²) in [6.07, 6.45) is 4.46. The molecule has 1 saturated carbocycles. The summed E-state index contributed by atoms with van der Waals surface area (Å²) in [5.74, 6) is 1.10. The lowest BCUT2D eigenvalue weighted by Crippen LogP contribution is -2.33.